The maximum atomic E-state index is 13.6. The van der Waals surface area contributed by atoms with Gasteiger partial charge in [0, 0.05) is 11.6 Å². The summed E-state index contributed by atoms with van der Waals surface area (Å²) >= 11 is 1.42. The Morgan fingerprint density at radius 2 is 1.97 bits per heavy atom. The summed E-state index contributed by atoms with van der Waals surface area (Å²) in [6, 6.07) is 13.6. The number of ether oxygens (including phenoxy) is 1. The second-order valence-electron chi connectivity index (χ2n) is 8.26. The zero-order valence-corrected chi connectivity index (χ0v) is 19.8. The number of aliphatic imine (C=N–C) groups is 1. The molecule has 33 heavy (non-hydrogen) atoms. The zero-order valence-electron chi connectivity index (χ0n) is 19.0. The van der Waals surface area contributed by atoms with Crippen LogP contribution in [0, 0.1) is 0 Å². The van der Waals surface area contributed by atoms with Gasteiger partial charge < -0.3 is 9.84 Å². The molecule has 172 valence electrons. The van der Waals surface area contributed by atoms with Gasteiger partial charge in [-0.25, -0.2) is 4.99 Å². The normalized spacial score (nSPS) is 19.4. The second kappa shape index (κ2) is 10.8. The molecule has 2 aromatic rings. The molecule has 0 atom stereocenters. The van der Waals surface area contributed by atoms with E-state index >= 15 is 0 Å². The zero-order chi connectivity index (χ0) is 23.2. The van der Waals surface area contributed by atoms with E-state index in [2.05, 4.69) is 6.58 Å². The molecule has 1 heterocycles. The van der Waals surface area contributed by atoms with Crippen LogP contribution in [0.15, 0.2) is 65.0 Å². The van der Waals surface area contributed by atoms with Crippen LogP contribution in [-0.2, 0) is 11.2 Å². The highest BCUT2D eigenvalue weighted by atomic mass is 32.2. The van der Waals surface area contributed by atoms with Crippen LogP contribution >= 0.6 is 11.8 Å². The monoisotopic (exact) mass is 462 g/mol. The van der Waals surface area contributed by atoms with Crippen LogP contribution in [0.1, 0.15) is 50.2 Å². The smallest absolute Gasteiger partial charge is 0.267 e. The van der Waals surface area contributed by atoms with Gasteiger partial charge in [-0.2, -0.15) is 0 Å². The Hall–Kier alpha value is -2.99. The lowest BCUT2D eigenvalue weighted by atomic mass is 9.94. The fourth-order valence-corrected chi connectivity index (χ4v) is 5.40. The fraction of sp³-hybridized carbons (Fsp3) is 0.333. The highest BCUT2D eigenvalue weighted by molar-refractivity contribution is 8.18. The molecule has 2 aromatic carbocycles. The summed E-state index contributed by atoms with van der Waals surface area (Å²) in [5.41, 5.74) is 2.38. The molecule has 2 fully saturated rings. The fourth-order valence-electron chi connectivity index (χ4n) is 4.34. The van der Waals surface area contributed by atoms with Crippen LogP contribution < -0.4 is 4.74 Å². The molecule has 0 unspecified atom stereocenters. The minimum atomic E-state index is -0.00196. The van der Waals surface area contributed by atoms with Gasteiger partial charge in [0.05, 0.1) is 17.2 Å². The van der Waals surface area contributed by atoms with Crippen molar-refractivity contribution < 1.29 is 14.6 Å². The SMILES string of the molecule is C=CCc1cc(/C=C2/SC(=Nc3ccccc3)N(C3CCCCC3)C2=O)cc(OCC)c1O. The Morgan fingerprint density at radius 3 is 2.67 bits per heavy atom. The van der Waals surface area contributed by atoms with Crippen molar-refractivity contribution in [3.05, 3.63) is 71.2 Å². The number of rotatable bonds is 7. The highest BCUT2D eigenvalue weighted by Gasteiger charge is 2.38. The number of benzene rings is 2. The van der Waals surface area contributed by atoms with Crippen molar-refractivity contribution in [1.82, 2.24) is 4.90 Å². The molecular formula is C27H30N2O3S. The van der Waals surface area contributed by atoms with E-state index in [1.165, 1.54) is 18.2 Å². The molecule has 0 bridgehead atoms. The van der Waals surface area contributed by atoms with E-state index < -0.39 is 0 Å². The molecule has 6 heteroatoms. The summed E-state index contributed by atoms with van der Waals surface area (Å²) in [5.74, 6) is 0.541. The van der Waals surface area contributed by atoms with E-state index in [0.717, 1.165) is 47.7 Å². The molecule has 2 aliphatic rings. The quantitative estimate of drug-likeness (QED) is 0.379. The topological polar surface area (TPSA) is 62.1 Å². The standard InChI is InChI=1S/C27H30N2O3S/c1-3-11-20-16-19(17-23(25(20)30)32-4-2)18-24-26(31)29(22-14-9-6-10-15-22)27(33-24)28-21-12-7-5-8-13-21/h3,5,7-8,12-13,16-18,22,30H,1,4,6,9-11,14-15H2,2H3/b24-18+,28-27?. The second-order valence-corrected chi connectivity index (χ2v) is 9.27. The van der Waals surface area contributed by atoms with Crippen LogP contribution in [0.25, 0.3) is 6.08 Å². The number of phenols is 1. The summed E-state index contributed by atoms with van der Waals surface area (Å²) in [6.07, 6.45) is 9.64. The van der Waals surface area contributed by atoms with Gasteiger partial charge in [-0.05, 0) is 73.9 Å². The van der Waals surface area contributed by atoms with Crippen molar-refractivity contribution in [2.45, 2.75) is 51.5 Å². The van der Waals surface area contributed by atoms with Crippen molar-refractivity contribution in [1.29, 1.82) is 0 Å². The highest BCUT2D eigenvalue weighted by Crippen LogP contribution is 2.40. The summed E-state index contributed by atoms with van der Waals surface area (Å²) < 4.78 is 5.63. The van der Waals surface area contributed by atoms with Crippen molar-refractivity contribution in [3.63, 3.8) is 0 Å². The number of para-hydroxylation sites is 1. The van der Waals surface area contributed by atoms with Crippen molar-refractivity contribution in [3.8, 4) is 11.5 Å². The molecule has 1 amide bonds. The third kappa shape index (κ3) is 5.33. The average Bonchev–Trinajstić information content (AvgIpc) is 3.12. The average molecular weight is 463 g/mol. The molecule has 1 aliphatic carbocycles. The van der Waals surface area contributed by atoms with E-state index in [9.17, 15) is 9.90 Å². The van der Waals surface area contributed by atoms with E-state index in [-0.39, 0.29) is 17.7 Å². The lowest BCUT2D eigenvalue weighted by Crippen LogP contribution is -2.40. The third-order valence-electron chi connectivity index (χ3n) is 5.90. The third-order valence-corrected chi connectivity index (χ3v) is 6.88. The van der Waals surface area contributed by atoms with Crippen molar-refractivity contribution in [2.75, 3.05) is 6.61 Å². The molecule has 4 rings (SSSR count). The predicted molar refractivity (Wildman–Crippen MR) is 136 cm³/mol. The number of hydrogen-bond donors (Lipinski definition) is 1. The predicted octanol–water partition coefficient (Wildman–Crippen LogP) is 6.46. The van der Waals surface area contributed by atoms with E-state index in [0.29, 0.717) is 23.7 Å². The minimum Gasteiger partial charge on any atom is -0.504 e. The summed E-state index contributed by atoms with van der Waals surface area (Å²) in [7, 11) is 0. The number of phenolic OH excluding ortho intramolecular Hbond substituents is 1. The number of hydrogen-bond acceptors (Lipinski definition) is 5. The maximum Gasteiger partial charge on any atom is 0.267 e. The molecule has 1 N–H and O–H groups in total. The minimum absolute atomic E-state index is 0.00196. The Labute approximate surface area is 199 Å². The first-order valence-corrected chi connectivity index (χ1v) is 12.4. The van der Waals surface area contributed by atoms with Crippen LogP contribution in [0.5, 0.6) is 11.5 Å². The van der Waals surface area contributed by atoms with Crippen molar-refractivity contribution >= 4 is 34.6 Å². The molecule has 0 radical (unpaired) electrons. The van der Waals surface area contributed by atoms with E-state index in [1.807, 2.05) is 54.3 Å². The van der Waals surface area contributed by atoms with Crippen LogP contribution in [-0.4, -0.2) is 33.7 Å². The van der Waals surface area contributed by atoms with Crippen LogP contribution in [0.2, 0.25) is 0 Å². The first-order chi connectivity index (χ1) is 16.1. The summed E-state index contributed by atoms with van der Waals surface area (Å²) in [5, 5.41) is 11.2. The van der Waals surface area contributed by atoms with E-state index in [4.69, 9.17) is 9.73 Å². The molecule has 0 spiro atoms. The van der Waals surface area contributed by atoms with Gasteiger partial charge in [0.1, 0.15) is 0 Å². The number of nitrogens with zero attached hydrogens (tertiary/aromatic N) is 2. The van der Waals surface area contributed by atoms with Gasteiger partial charge >= 0.3 is 0 Å². The molecule has 1 aliphatic heterocycles. The molecular weight excluding hydrogens is 432 g/mol. The Kier molecular flexibility index (Phi) is 7.55. The van der Waals surface area contributed by atoms with Crippen LogP contribution in [0.3, 0.4) is 0 Å². The Morgan fingerprint density at radius 1 is 1.21 bits per heavy atom. The Balaban J connectivity index is 1.72. The number of amides is 1. The number of allylic oxidation sites excluding steroid dienone is 1. The lowest BCUT2D eigenvalue weighted by molar-refractivity contribution is -0.124. The summed E-state index contributed by atoms with van der Waals surface area (Å²) in [6.45, 7) is 6.10. The van der Waals surface area contributed by atoms with Gasteiger partial charge in [-0.3, -0.25) is 9.69 Å². The maximum absolute atomic E-state index is 13.6. The number of amidine groups is 1. The first kappa shape index (κ1) is 23.2. The Bertz CT molecular complexity index is 1070. The van der Waals surface area contributed by atoms with Gasteiger partial charge in [0.2, 0.25) is 0 Å². The van der Waals surface area contributed by atoms with Gasteiger partial charge in [-0.1, -0.05) is 43.5 Å². The number of carbonyl (C=O) groups is 1. The van der Waals surface area contributed by atoms with E-state index in [1.54, 1.807) is 12.1 Å². The number of thioether (sulfide) groups is 1. The number of aromatic hydroxyl groups is 1. The largest absolute Gasteiger partial charge is 0.504 e. The van der Waals surface area contributed by atoms with Gasteiger partial charge in [-0.15, -0.1) is 6.58 Å². The number of carbonyl (C=O) groups excluding carboxylic acids is 1. The molecule has 0 aromatic heterocycles. The molecule has 5 nitrogen and oxygen atoms in total. The van der Waals surface area contributed by atoms with Crippen molar-refractivity contribution in [2.24, 2.45) is 4.99 Å². The van der Waals surface area contributed by atoms with Crippen LogP contribution in [0.4, 0.5) is 5.69 Å². The molecule has 1 saturated carbocycles. The first-order valence-electron chi connectivity index (χ1n) is 11.6. The van der Waals surface area contributed by atoms with Gasteiger partial charge in [0.25, 0.3) is 5.91 Å². The molecule has 1 saturated heterocycles. The van der Waals surface area contributed by atoms with Gasteiger partial charge in [0.15, 0.2) is 16.7 Å². The lowest BCUT2D eigenvalue weighted by Gasteiger charge is -2.30. The summed E-state index contributed by atoms with van der Waals surface area (Å²) in [4.78, 5) is 20.9.